The third-order valence-corrected chi connectivity index (χ3v) is 3.28. The van der Waals surface area contributed by atoms with Crippen LogP contribution in [0, 0.1) is 0 Å². The number of hydrogen-bond donors (Lipinski definition) is 1. The van der Waals surface area contributed by atoms with Gasteiger partial charge in [0.1, 0.15) is 17.2 Å². The van der Waals surface area contributed by atoms with E-state index in [9.17, 15) is 0 Å². The molecule has 84 valence electrons. The Morgan fingerprint density at radius 2 is 2.07 bits per heavy atom. The zero-order chi connectivity index (χ0) is 11.1. The first kappa shape index (κ1) is 12.3. The minimum atomic E-state index is 0.905. The van der Waals surface area contributed by atoms with Gasteiger partial charge in [-0.1, -0.05) is 13.8 Å². The van der Waals surface area contributed by atoms with Crippen LogP contribution in [0.1, 0.15) is 32.8 Å². The quantitative estimate of drug-likeness (QED) is 0.596. The van der Waals surface area contributed by atoms with E-state index in [4.69, 9.17) is 0 Å². The summed E-state index contributed by atoms with van der Waals surface area (Å²) in [5.41, 5.74) is 1.25. The molecule has 1 N–H and O–H groups in total. The summed E-state index contributed by atoms with van der Waals surface area (Å²) in [5, 5.41) is 4.41. The van der Waals surface area contributed by atoms with Gasteiger partial charge in [0.25, 0.3) is 0 Å². The molecule has 0 spiro atoms. The maximum absolute atomic E-state index is 4.34. The molecular formula is C11H19N3S. The molecule has 1 heterocycles. The fraction of sp³-hybridized carbons (Fsp3) is 0.636. The van der Waals surface area contributed by atoms with Crippen LogP contribution in [0.2, 0.25) is 0 Å². The molecule has 0 saturated heterocycles. The van der Waals surface area contributed by atoms with E-state index in [1.807, 2.05) is 11.8 Å². The summed E-state index contributed by atoms with van der Waals surface area (Å²) in [4.78, 5) is 8.61. The standard InChI is InChI=1S/C11H19N3S/c1-4-7-15-11-9(5-2)10(12-6-3)13-8-14-11/h8H,4-7H2,1-3H3,(H,12,13,14). The predicted octanol–water partition coefficient (Wildman–Crippen LogP) is 2.97. The molecule has 0 radical (unpaired) electrons. The van der Waals surface area contributed by atoms with E-state index in [0.29, 0.717) is 0 Å². The average Bonchev–Trinajstić information content (AvgIpc) is 2.27. The summed E-state index contributed by atoms with van der Waals surface area (Å²) in [6.07, 6.45) is 3.80. The van der Waals surface area contributed by atoms with Gasteiger partial charge in [-0.2, -0.15) is 0 Å². The number of aromatic nitrogens is 2. The van der Waals surface area contributed by atoms with Gasteiger partial charge in [0.05, 0.1) is 0 Å². The van der Waals surface area contributed by atoms with Crippen LogP contribution in [0.3, 0.4) is 0 Å². The Kier molecular flexibility index (Phi) is 5.47. The lowest BCUT2D eigenvalue weighted by Gasteiger charge is -2.11. The predicted molar refractivity (Wildman–Crippen MR) is 66.6 cm³/mol. The molecule has 1 aromatic rings. The molecule has 0 bridgehead atoms. The molecule has 1 aromatic heterocycles. The first-order chi connectivity index (χ1) is 7.33. The van der Waals surface area contributed by atoms with Crippen molar-refractivity contribution in [2.45, 2.75) is 38.6 Å². The molecule has 0 saturated carbocycles. The molecule has 0 aliphatic heterocycles. The second-order valence-electron chi connectivity index (χ2n) is 3.24. The van der Waals surface area contributed by atoms with Crippen LogP contribution in [-0.2, 0) is 6.42 Å². The van der Waals surface area contributed by atoms with Crippen molar-refractivity contribution in [3.05, 3.63) is 11.9 Å². The minimum absolute atomic E-state index is 0.905. The van der Waals surface area contributed by atoms with Crippen LogP contribution in [0.25, 0.3) is 0 Å². The van der Waals surface area contributed by atoms with Crippen molar-refractivity contribution in [2.24, 2.45) is 0 Å². The molecule has 0 fully saturated rings. The van der Waals surface area contributed by atoms with Gasteiger partial charge in [0, 0.05) is 12.1 Å². The van der Waals surface area contributed by atoms with Gasteiger partial charge in [-0.25, -0.2) is 9.97 Å². The normalized spacial score (nSPS) is 10.3. The van der Waals surface area contributed by atoms with Crippen LogP contribution in [0.4, 0.5) is 5.82 Å². The number of rotatable bonds is 6. The van der Waals surface area contributed by atoms with Crippen molar-refractivity contribution in [3.63, 3.8) is 0 Å². The van der Waals surface area contributed by atoms with Gasteiger partial charge in [-0.3, -0.25) is 0 Å². The van der Waals surface area contributed by atoms with E-state index in [0.717, 1.165) is 29.6 Å². The monoisotopic (exact) mass is 225 g/mol. The Morgan fingerprint density at radius 1 is 1.27 bits per heavy atom. The van der Waals surface area contributed by atoms with Crippen LogP contribution >= 0.6 is 11.8 Å². The van der Waals surface area contributed by atoms with Gasteiger partial charge >= 0.3 is 0 Å². The highest BCUT2D eigenvalue weighted by molar-refractivity contribution is 7.99. The number of anilines is 1. The fourth-order valence-electron chi connectivity index (χ4n) is 1.36. The first-order valence-electron chi connectivity index (χ1n) is 5.53. The second-order valence-corrected chi connectivity index (χ2v) is 4.32. The zero-order valence-corrected chi connectivity index (χ0v) is 10.5. The zero-order valence-electron chi connectivity index (χ0n) is 9.71. The number of thioether (sulfide) groups is 1. The third-order valence-electron chi connectivity index (χ3n) is 2.05. The average molecular weight is 225 g/mol. The Labute approximate surface area is 96.1 Å². The van der Waals surface area contributed by atoms with E-state index < -0.39 is 0 Å². The summed E-state index contributed by atoms with van der Waals surface area (Å²) in [7, 11) is 0. The highest BCUT2D eigenvalue weighted by Gasteiger charge is 2.08. The van der Waals surface area contributed by atoms with E-state index in [1.54, 1.807) is 6.33 Å². The van der Waals surface area contributed by atoms with Gasteiger partial charge in [0.2, 0.25) is 0 Å². The van der Waals surface area contributed by atoms with Crippen LogP contribution in [-0.4, -0.2) is 22.3 Å². The fourth-order valence-corrected chi connectivity index (χ4v) is 2.29. The minimum Gasteiger partial charge on any atom is -0.370 e. The van der Waals surface area contributed by atoms with Gasteiger partial charge in [0.15, 0.2) is 0 Å². The van der Waals surface area contributed by atoms with Crippen LogP contribution in [0.5, 0.6) is 0 Å². The van der Waals surface area contributed by atoms with Crippen molar-refractivity contribution in [3.8, 4) is 0 Å². The third kappa shape index (κ3) is 3.38. The molecular weight excluding hydrogens is 206 g/mol. The van der Waals surface area contributed by atoms with E-state index in [2.05, 4.69) is 36.1 Å². The van der Waals surface area contributed by atoms with E-state index in [1.165, 1.54) is 12.0 Å². The lowest BCUT2D eigenvalue weighted by atomic mass is 10.2. The maximum atomic E-state index is 4.34. The number of hydrogen-bond acceptors (Lipinski definition) is 4. The number of nitrogens with one attached hydrogen (secondary N) is 1. The van der Waals surface area contributed by atoms with Crippen molar-refractivity contribution in [2.75, 3.05) is 17.6 Å². The van der Waals surface area contributed by atoms with E-state index in [-0.39, 0.29) is 0 Å². The van der Waals surface area contributed by atoms with Crippen LogP contribution < -0.4 is 5.32 Å². The van der Waals surface area contributed by atoms with E-state index >= 15 is 0 Å². The SMILES string of the molecule is CCCSc1ncnc(NCC)c1CC. The maximum Gasteiger partial charge on any atom is 0.133 e. The molecule has 0 amide bonds. The molecule has 0 aromatic carbocycles. The van der Waals surface area contributed by atoms with Crippen molar-refractivity contribution < 1.29 is 0 Å². The lowest BCUT2D eigenvalue weighted by molar-refractivity contribution is 0.935. The highest BCUT2D eigenvalue weighted by atomic mass is 32.2. The van der Waals surface area contributed by atoms with Gasteiger partial charge in [-0.05, 0) is 25.5 Å². The molecule has 0 aliphatic rings. The van der Waals surface area contributed by atoms with Crippen molar-refractivity contribution >= 4 is 17.6 Å². The summed E-state index contributed by atoms with van der Waals surface area (Å²) >= 11 is 1.82. The van der Waals surface area contributed by atoms with Crippen molar-refractivity contribution in [1.29, 1.82) is 0 Å². The van der Waals surface area contributed by atoms with Gasteiger partial charge < -0.3 is 5.32 Å². The largest absolute Gasteiger partial charge is 0.370 e. The molecule has 15 heavy (non-hydrogen) atoms. The second kappa shape index (κ2) is 6.67. The summed E-state index contributed by atoms with van der Waals surface area (Å²) in [5.74, 6) is 2.11. The molecule has 0 atom stereocenters. The Balaban J connectivity index is 2.88. The summed E-state index contributed by atoms with van der Waals surface area (Å²) in [6.45, 7) is 7.32. The first-order valence-corrected chi connectivity index (χ1v) is 6.52. The Hall–Kier alpha value is -0.770. The number of nitrogens with zero attached hydrogens (tertiary/aromatic N) is 2. The molecule has 4 heteroatoms. The van der Waals surface area contributed by atoms with Crippen molar-refractivity contribution in [1.82, 2.24) is 9.97 Å². The lowest BCUT2D eigenvalue weighted by Crippen LogP contribution is -2.05. The van der Waals surface area contributed by atoms with Crippen LogP contribution in [0.15, 0.2) is 11.4 Å². The Bertz CT molecular complexity index is 302. The van der Waals surface area contributed by atoms with Gasteiger partial charge in [-0.15, -0.1) is 11.8 Å². The molecule has 0 unspecified atom stereocenters. The molecule has 1 rings (SSSR count). The summed E-state index contributed by atoms with van der Waals surface area (Å²) < 4.78 is 0. The molecule has 3 nitrogen and oxygen atoms in total. The Morgan fingerprint density at radius 3 is 2.67 bits per heavy atom. The topological polar surface area (TPSA) is 37.8 Å². The summed E-state index contributed by atoms with van der Waals surface area (Å²) in [6, 6.07) is 0. The smallest absolute Gasteiger partial charge is 0.133 e. The molecule has 0 aliphatic carbocycles. The highest BCUT2D eigenvalue weighted by Crippen LogP contribution is 2.25.